The molecule has 0 unspecified atom stereocenters. The average Bonchev–Trinajstić information content (AvgIpc) is 2.55. The fraction of sp³-hybridized carbons (Fsp3) is 0.333. The summed E-state index contributed by atoms with van der Waals surface area (Å²) < 4.78 is 10.0. The highest BCUT2D eigenvalue weighted by Gasteiger charge is 2.03. The molecule has 2 aromatic carbocycles. The van der Waals surface area contributed by atoms with Crippen LogP contribution in [0, 0.1) is 0 Å². The molecule has 2 rings (SSSR count). The highest BCUT2D eigenvalue weighted by Crippen LogP contribution is 2.27. The molecule has 3 N–H and O–H groups in total. The van der Waals surface area contributed by atoms with Crippen molar-refractivity contribution in [2.45, 2.75) is 12.8 Å². The number of nitrogens with one attached hydrogen (secondary N) is 1. The lowest BCUT2D eigenvalue weighted by Gasteiger charge is -2.09. The second kappa shape index (κ2) is 8.29. The Hall–Kier alpha value is -2.40. The molecular weight excluding hydrogens is 294 g/mol. The van der Waals surface area contributed by atoms with E-state index in [1.807, 2.05) is 12.1 Å². The molecule has 0 aliphatic carbocycles. The molecule has 0 fully saturated rings. The van der Waals surface area contributed by atoms with Crippen molar-refractivity contribution in [3.63, 3.8) is 0 Å². The van der Waals surface area contributed by atoms with Crippen molar-refractivity contribution in [2.24, 2.45) is 0 Å². The van der Waals surface area contributed by atoms with Crippen LogP contribution in [0.15, 0.2) is 36.4 Å². The van der Waals surface area contributed by atoms with E-state index in [0.717, 1.165) is 37.1 Å². The van der Waals surface area contributed by atoms with Gasteiger partial charge in [0, 0.05) is 0 Å². The summed E-state index contributed by atoms with van der Waals surface area (Å²) in [6, 6.07) is 10.9. The zero-order chi connectivity index (χ0) is 16.7. The van der Waals surface area contributed by atoms with E-state index >= 15 is 0 Å². The summed E-state index contributed by atoms with van der Waals surface area (Å²) in [6.07, 6.45) is 1.65. The SMILES string of the molecule is COc1ccc(CCNCCc2ccc(OC)c(O)c2)cc1O. The molecule has 0 aliphatic rings. The van der Waals surface area contributed by atoms with Gasteiger partial charge in [0.25, 0.3) is 0 Å². The molecule has 5 nitrogen and oxygen atoms in total. The minimum atomic E-state index is 0.165. The quantitative estimate of drug-likeness (QED) is 0.653. The van der Waals surface area contributed by atoms with Gasteiger partial charge >= 0.3 is 0 Å². The lowest BCUT2D eigenvalue weighted by Crippen LogP contribution is -2.20. The lowest BCUT2D eigenvalue weighted by atomic mass is 10.1. The number of hydrogen-bond acceptors (Lipinski definition) is 5. The minimum Gasteiger partial charge on any atom is -0.504 e. The molecule has 0 saturated heterocycles. The van der Waals surface area contributed by atoms with E-state index in [4.69, 9.17) is 9.47 Å². The molecule has 0 amide bonds. The number of rotatable bonds is 8. The Morgan fingerprint density at radius 1 is 0.783 bits per heavy atom. The lowest BCUT2D eigenvalue weighted by molar-refractivity contribution is 0.373. The predicted molar refractivity (Wildman–Crippen MR) is 89.6 cm³/mol. The first-order chi connectivity index (χ1) is 11.1. The van der Waals surface area contributed by atoms with Crippen LogP contribution in [0.3, 0.4) is 0 Å². The van der Waals surface area contributed by atoms with Crippen molar-refractivity contribution in [2.75, 3.05) is 27.3 Å². The second-order valence-electron chi connectivity index (χ2n) is 5.26. The minimum absolute atomic E-state index is 0.165. The summed E-state index contributed by atoms with van der Waals surface area (Å²) in [7, 11) is 3.07. The van der Waals surface area contributed by atoms with E-state index in [9.17, 15) is 10.2 Å². The van der Waals surface area contributed by atoms with Gasteiger partial charge in [-0.2, -0.15) is 0 Å². The van der Waals surface area contributed by atoms with Crippen molar-refractivity contribution in [1.29, 1.82) is 0 Å². The van der Waals surface area contributed by atoms with Gasteiger partial charge in [0.2, 0.25) is 0 Å². The monoisotopic (exact) mass is 317 g/mol. The van der Waals surface area contributed by atoms with Crippen molar-refractivity contribution >= 4 is 0 Å². The maximum Gasteiger partial charge on any atom is 0.160 e. The number of aromatic hydroxyl groups is 2. The van der Waals surface area contributed by atoms with E-state index in [1.165, 1.54) is 14.2 Å². The molecule has 0 heterocycles. The Bertz CT molecular complexity index is 587. The fourth-order valence-corrected chi connectivity index (χ4v) is 2.37. The van der Waals surface area contributed by atoms with Crippen LogP contribution in [0.4, 0.5) is 0 Å². The van der Waals surface area contributed by atoms with Gasteiger partial charge < -0.3 is 25.0 Å². The summed E-state index contributed by atoms with van der Waals surface area (Å²) in [6.45, 7) is 1.63. The van der Waals surface area contributed by atoms with Crippen LogP contribution in [0.2, 0.25) is 0 Å². The number of benzene rings is 2. The summed E-state index contributed by atoms with van der Waals surface area (Å²) in [5, 5.41) is 22.8. The van der Waals surface area contributed by atoms with Gasteiger partial charge in [-0.05, 0) is 61.3 Å². The maximum absolute atomic E-state index is 9.73. The molecular formula is C18H23NO4. The number of hydrogen-bond donors (Lipinski definition) is 3. The molecule has 0 aliphatic heterocycles. The van der Waals surface area contributed by atoms with Gasteiger partial charge in [-0.1, -0.05) is 12.1 Å². The van der Waals surface area contributed by atoms with Crippen LogP contribution in [-0.4, -0.2) is 37.5 Å². The standard InChI is InChI=1S/C18H23NO4/c1-22-17-5-3-13(11-15(17)20)7-9-19-10-8-14-4-6-18(23-2)16(21)12-14/h3-6,11-12,19-21H,7-10H2,1-2H3. The average molecular weight is 317 g/mol. The number of ether oxygens (including phenoxy) is 2. The fourth-order valence-electron chi connectivity index (χ4n) is 2.37. The van der Waals surface area contributed by atoms with Gasteiger partial charge in [-0.3, -0.25) is 0 Å². The molecule has 124 valence electrons. The third-order valence-corrected chi connectivity index (χ3v) is 3.67. The van der Waals surface area contributed by atoms with Gasteiger partial charge in [0.1, 0.15) is 0 Å². The van der Waals surface area contributed by atoms with Crippen molar-refractivity contribution < 1.29 is 19.7 Å². The van der Waals surface area contributed by atoms with Crippen LogP contribution in [0.25, 0.3) is 0 Å². The van der Waals surface area contributed by atoms with E-state index in [0.29, 0.717) is 11.5 Å². The van der Waals surface area contributed by atoms with E-state index in [2.05, 4.69) is 5.32 Å². The molecule has 0 radical (unpaired) electrons. The summed E-state index contributed by atoms with van der Waals surface area (Å²) >= 11 is 0. The number of methoxy groups -OCH3 is 2. The topological polar surface area (TPSA) is 71.0 Å². The predicted octanol–water partition coefficient (Wildman–Crippen LogP) is 2.49. The van der Waals surface area contributed by atoms with Crippen LogP contribution in [0.5, 0.6) is 23.0 Å². The van der Waals surface area contributed by atoms with Gasteiger partial charge in [-0.15, -0.1) is 0 Å². The second-order valence-corrected chi connectivity index (χ2v) is 5.26. The third kappa shape index (κ3) is 4.79. The van der Waals surface area contributed by atoms with E-state index in [1.54, 1.807) is 24.3 Å². The molecule has 0 bridgehead atoms. The van der Waals surface area contributed by atoms with Gasteiger partial charge in [-0.25, -0.2) is 0 Å². The van der Waals surface area contributed by atoms with Crippen LogP contribution in [-0.2, 0) is 12.8 Å². The Morgan fingerprint density at radius 2 is 1.22 bits per heavy atom. The van der Waals surface area contributed by atoms with E-state index < -0.39 is 0 Å². The molecule has 0 saturated carbocycles. The number of phenolic OH excluding ortho intramolecular Hbond substituents is 2. The Kier molecular flexibility index (Phi) is 6.11. The summed E-state index contributed by atoms with van der Waals surface area (Å²) in [4.78, 5) is 0. The largest absolute Gasteiger partial charge is 0.504 e. The zero-order valence-corrected chi connectivity index (χ0v) is 13.5. The Morgan fingerprint density at radius 3 is 1.57 bits per heavy atom. The number of phenols is 2. The highest BCUT2D eigenvalue weighted by atomic mass is 16.5. The van der Waals surface area contributed by atoms with Crippen molar-refractivity contribution in [3.8, 4) is 23.0 Å². The molecule has 0 spiro atoms. The normalized spacial score (nSPS) is 10.5. The molecule has 2 aromatic rings. The third-order valence-electron chi connectivity index (χ3n) is 3.67. The maximum atomic E-state index is 9.73. The van der Waals surface area contributed by atoms with Crippen LogP contribution < -0.4 is 14.8 Å². The smallest absolute Gasteiger partial charge is 0.160 e. The molecule has 23 heavy (non-hydrogen) atoms. The molecule has 0 aromatic heterocycles. The van der Waals surface area contributed by atoms with Gasteiger partial charge in [0.05, 0.1) is 14.2 Å². The Balaban J connectivity index is 1.73. The molecule has 5 heteroatoms. The first-order valence-electron chi connectivity index (χ1n) is 7.56. The van der Waals surface area contributed by atoms with Gasteiger partial charge in [0.15, 0.2) is 23.0 Å². The highest BCUT2D eigenvalue weighted by molar-refractivity contribution is 5.42. The van der Waals surface area contributed by atoms with Crippen molar-refractivity contribution in [1.82, 2.24) is 5.32 Å². The van der Waals surface area contributed by atoms with E-state index in [-0.39, 0.29) is 11.5 Å². The van der Waals surface area contributed by atoms with Crippen molar-refractivity contribution in [3.05, 3.63) is 47.5 Å². The van der Waals surface area contributed by atoms with Crippen LogP contribution >= 0.6 is 0 Å². The Labute approximate surface area is 136 Å². The first kappa shape index (κ1) is 17.0. The zero-order valence-electron chi connectivity index (χ0n) is 13.5. The van der Waals surface area contributed by atoms with Crippen LogP contribution in [0.1, 0.15) is 11.1 Å². The summed E-state index contributed by atoms with van der Waals surface area (Å²) in [5.74, 6) is 1.31. The molecule has 0 atom stereocenters. The summed E-state index contributed by atoms with van der Waals surface area (Å²) in [5.41, 5.74) is 2.11. The first-order valence-corrected chi connectivity index (χ1v) is 7.56.